The average Bonchev–Trinajstić information content (AvgIpc) is 2.80. The summed E-state index contributed by atoms with van der Waals surface area (Å²) in [6, 6.07) is 9.38. The van der Waals surface area contributed by atoms with E-state index < -0.39 is 0 Å². The molecule has 3 aromatic rings. The van der Waals surface area contributed by atoms with Crippen LogP contribution < -0.4 is 10.6 Å². The van der Waals surface area contributed by atoms with E-state index >= 15 is 0 Å². The van der Waals surface area contributed by atoms with Gasteiger partial charge in [0.25, 0.3) is 0 Å². The third-order valence-electron chi connectivity index (χ3n) is 5.19. The topological polar surface area (TPSA) is 101 Å². The summed E-state index contributed by atoms with van der Waals surface area (Å²) in [6.45, 7) is 5.11. The van der Waals surface area contributed by atoms with Gasteiger partial charge in [0.15, 0.2) is 5.82 Å². The average molecular weight is 403 g/mol. The number of hydrogen-bond donors (Lipinski definition) is 2. The molecule has 30 heavy (non-hydrogen) atoms. The van der Waals surface area contributed by atoms with Crippen molar-refractivity contribution < 1.29 is 4.74 Å². The first-order chi connectivity index (χ1) is 14.7. The summed E-state index contributed by atoms with van der Waals surface area (Å²) in [6.07, 6.45) is 7.50. The number of nitrogens with zero attached hydrogens (tertiary/aromatic N) is 4. The molecule has 3 heterocycles. The summed E-state index contributed by atoms with van der Waals surface area (Å²) in [5.74, 6) is 1.48. The van der Waals surface area contributed by atoms with Crippen molar-refractivity contribution in [2.75, 3.05) is 36.9 Å². The lowest BCUT2D eigenvalue weighted by Crippen LogP contribution is -2.36. The zero-order valence-corrected chi connectivity index (χ0v) is 17.1. The minimum Gasteiger partial charge on any atom is -0.398 e. The lowest BCUT2D eigenvalue weighted by Gasteiger charge is -2.28. The molecule has 7 nitrogen and oxygen atoms in total. The van der Waals surface area contributed by atoms with Gasteiger partial charge in [0, 0.05) is 54.1 Å². The van der Waals surface area contributed by atoms with Crippen LogP contribution in [0.3, 0.4) is 0 Å². The second kappa shape index (κ2) is 9.00. The molecule has 0 amide bonds. The van der Waals surface area contributed by atoms with E-state index in [9.17, 15) is 0 Å². The summed E-state index contributed by atoms with van der Waals surface area (Å²) in [4.78, 5) is 15.6. The van der Waals surface area contributed by atoms with E-state index in [0.29, 0.717) is 36.0 Å². The van der Waals surface area contributed by atoms with Gasteiger partial charge in [0.05, 0.1) is 18.9 Å². The predicted molar refractivity (Wildman–Crippen MR) is 119 cm³/mol. The van der Waals surface area contributed by atoms with Crippen LogP contribution in [0.4, 0.5) is 11.5 Å². The van der Waals surface area contributed by atoms with Gasteiger partial charge in [-0.2, -0.15) is 0 Å². The Balaban J connectivity index is 1.62. The number of nitrogens with two attached hydrogens (primary N) is 1. The number of aromatic nitrogens is 3. The minimum atomic E-state index is 0.355. The van der Waals surface area contributed by atoms with Gasteiger partial charge in [-0.1, -0.05) is 13.3 Å². The van der Waals surface area contributed by atoms with Gasteiger partial charge in [-0.3, -0.25) is 5.41 Å². The van der Waals surface area contributed by atoms with Crippen LogP contribution in [0.25, 0.3) is 11.4 Å². The monoisotopic (exact) mass is 402 g/mol. The van der Waals surface area contributed by atoms with E-state index in [1.165, 1.54) is 0 Å². The number of anilines is 2. The van der Waals surface area contributed by atoms with Crippen molar-refractivity contribution in [3.63, 3.8) is 0 Å². The van der Waals surface area contributed by atoms with Crippen LogP contribution in [0.5, 0.6) is 0 Å². The Morgan fingerprint density at radius 1 is 1.10 bits per heavy atom. The summed E-state index contributed by atoms with van der Waals surface area (Å²) >= 11 is 0. The molecule has 3 N–H and O–H groups in total. The minimum absolute atomic E-state index is 0.355. The standard InChI is InChI=1S/C23H26N6O/c1-2-3-16-14-27-23(28-15-16)18-4-5-20(24)19(12-18)22(25)17-6-7-26-21(13-17)29-8-10-30-11-9-29/h4-7,12-15,25H,2-3,8-11,24H2,1H3. The van der Waals surface area contributed by atoms with Crippen LogP contribution in [0.15, 0.2) is 48.9 Å². The quantitative estimate of drug-likeness (QED) is 0.484. The molecule has 7 heteroatoms. The van der Waals surface area contributed by atoms with Crippen LogP contribution in [-0.2, 0) is 11.2 Å². The zero-order valence-electron chi connectivity index (χ0n) is 17.1. The van der Waals surface area contributed by atoms with Crippen molar-refractivity contribution in [3.05, 3.63) is 65.6 Å². The van der Waals surface area contributed by atoms with Crippen molar-refractivity contribution in [2.24, 2.45) is 0 Å². The second-order valence-corrected chi connectivity index (χ2v) is 7.34. The highest BCUT2D eigenvalue weighted by molar-refractivity contribution is 6.14. The molecule has 0 bridgehead atoms. The normalized spacial score (nSPS) is 14.0. The molecule has 0 aliphatic carbocycles. The van der Waals surface area contributed by atoms with Gasteiger partial charge in [0.1, 0.15) is 5.82 Å². The number of ether oxygens (including phenoxy) is 1. The number of rotatable bonds is 6. The smallest absolute Gasteiger partial charge is 0.159 e. The van der Waals surface area contributed by atoms with Crippen molar-refractivity contribution in [3.8, 4) is 11.4 Å². The van der Waals surface area contributed by atoms with E-state index in [4.69, 9.17) is 15.9 Å². The summed E-state index contributed by atoms with van der Waals surface area (Å²) in [5, 5.41) is 8.78. The molecular weight excluding hydrogens is 376 g/mol. The number of nitrogens with one attached hydrogen (secondary N) is 1. The number of aryl methyl sites for hydroxylation is 1. The first-order valence-corrected chi connectivity index (χ1v) is 10.2. The van der Waals surface area contributed by atoms with Crippen LogP contribution in [0.1, 0.15) is 30.0 Å². The predicted octanol–water partition coefficient (Wildman–Crippen LogP) is 3.33. The molecule has 0 spiro atoms. The van der Waals surface area contributed by atoms with Gasteiger partial charge in [0.2, 0.25) is 0 Å². The molecule has 4 rings (SSSR count). The summed E-state index contributed by atoms with van der Waals surface area (Å²) in [7, 11) is 0. The molecule has 1 aromatic carbocycles. The molecule has 1 aliphatic rings. The lowest BCUT2D eigenvalue weighted by atomic mass is 9.99. The Kier molecular flexibility index (Phi) is 5.99. The number of morpholine rings is 1. The number of hydrogen-bond acceptors (Lipinski definition) is 7. The molecule has 1 aliphatic heterocycles. The fourth-order valence-corrected chi connectivity index (χ4v) is 3.53. The molecule has 1 saturated heterocycles. The van der Waals surface area contributed by atoms with Gasteiger partial charge in [-0.25, -0.2) is 15.0 Å². The molecule has 0 radical (unpaired) electrons. The van der Waals surface area contributed by atoms with Crippen molar-refractivity contribution in [1.82, 2.24) is 15.0 Å². The lowest BCUT2D eigenvalue weighted by molar-refractivity contribution is 0.122. The van der Waals surface area contributed by atoms with E-state index in [2.05, 4.69) is 26.8 Å². The molecule has 1 fully saturated rings. The maximum atomic E-state index is 8.78. The van der Waals surface area contributed by atoms with Crippen LogP contribution in [0, 0.1) is 5.41 Å². The molecule has 0 saturated carbocycles. The molecule has 2 aromatic heterocycles. The summed E-state index contributed by atoms with van der Waals surface area (Å²) in [5.41, 5.74) is 10.5. The first-order valence-electron chi connectivity index (χ1n) is 10.2. The van der Waals surface area contributed by atoms with Crippen molar-refractivity contribution in [1.29, 1.82) is 5.41 Å². The maximum absolute atomic E-state index is 8.78. The van der Waals surface area contributed by atoms with Gasteiger partial charge < -0.3 is 15.4 Å². The van der Waals surface area contributed by atoms with Crippen LogP contribution in [-0.4, -0.2) is 47.0 Å². The van der Waals surface area contributed by atoms with Crippen molar-refractivity contribution in [2.45, 2.75) is 19.8 Å². The van der Waals surface area contributed by atoms with Gasteiger partial charge in [-0.15, -0.1) is 0 Å². The highest BCUT2D eigenvalue weighted by Crippen LogP contribution is 2.25. The van der Waals surface area contributed by atoms with Gasteiger partial charge in [-0.05, 0) is 42.3 Å². The first kappa shape index (κ1) is 20.0. The molecule has 154 valence electrons. The highest BCUT2D eigenvalue weighted by atomic mass is 16.5. The van der Waals surface area contributed by atoms with Crippen LogP contribution >= 0.6 is 0 Å². The van der Waals surface area contributed by atoms with Gasteiger partial charge >= 0.3 is 0 Å². The fraction of sp³-hybridized carbons (Fsp3) is 0.304. The summed E-state index contributed by atoms with van der Waals surface area (Å²) < 4.78 is 5.42. The molecular formula is C23H26N6O. The Morgan fingerprint density at radius 3 is 2.60 bits per heavy atom. The molecule has 0 unspecified atom stereocenters. The van der Waals surface area contributed by atoms with E-state index in [-0.39, 0.29) is 0 Å². The Hall–Kier alpha value is -3.32. The number of pyridine rings is 1. The highest BCUT2D eigenvalue weighted by Gasteiger charge is 2.16. The van der Waals surface area contributed by atoms with E-state index in [1.54, 1.807) is 6.20 Å². The third kappa shape index (κ3) is 4.31. The molecule has 0 atom stereocenters. The number of nitrogen functional groups attached to an aromatic ring is 1. The second-order valence-electron chi connectivity index (χ2n) is 7.34. The van der Waals surface area contributed by atoms with Crippen molar-refractivity contribution >= 4 is 17.2 Å². The number of benzene rings is 1. The maximum Gasteiger partial charge on any atom is 0.159 e. The fourth-order valence-electron chi connectivity index (χ4n) is 3.53. The largest absolute Gasteiger partial charge is 0.398 e. The van der Waals surface area contributed by atoms with E-state index in [0.717, 1.165) is 48.4 Å². The zero-order chi connectivity index (χ0) is 20.9. The van der Waals surface area contributed by atoms with E-state index in [1.807, 2.05) is 42.7 Å². The Labute approximate surface area is 176 Å². The van der Waals surface area contributed by atoms with Crippen LogP contribution in [0.2, 0.25) is 0 Å². The third-order valence-corrected chi connectivity index (χ3v) is 5.19. The SMILES string of the molecule is CCCc1cnc(-c2ccc(N)c(C(=N)c3ccnc(N4CCOCC4)c3)c2)nc1. The Morgan fingerprint density at radius 2 is 1.87 bits per heavy atom. The Bertz CT molecular complexity index is 1030.